The Kier molecular flexibility index (Phi) is 4.26. The molecule has 0 spiro atoms. The molecule has 0 aromatic heterocycles. The van der Waals surface area contributed by atoms with Crippen LogP contribution in [0.3, 0.4) is 0 Å². The maximum Gasteiger partial charge on any atom is 0.217 e. The second-order valence-electron chi connectivity index (χ2n) is 4.90. The van der Waals surface area contributed by atoms with E-state index in [-0.39, 0.29) is 5.60 Å². The molecular formula is C11H20OS2. The standard InChI is InChI=1S/C11H20OS2/c1-8(2)9-4-6-11(3,7-5-9)12-10(13)14/h8-9H,4-7H2,1-3H3,(H,13,14). The zero-order chi connectivity index (χ0) is 10.8. The first kappa shape index (κ1) is 12.3. The minimum absolute atomic E-state index is 0.0514. The first-order chi connectivity index (χ1) is 6.43. The second-order valence-corrected chi connectivity index (χ2v) is 5.98. The molecular weight excluding hydrogens is 212 g/mol. The Morgan fingerprint density at radius 2 is 1.93 bits per heavy atom. The van der Waals surface area contributed by atoms with Crippen LogP contribution < -0.4 is 0 Å². The highest BCUT2D eigenvalue weighted by Gasteiger charge is 2.33. The van der Waals surface area contributed by atoms with Gasteiger partial charge in [-0.2, -0.15) is 0 Å². The van der Waals surface area contributed by atoms with Gasteiger partial charge >= 0.3 is 0 Å². The van der Waals surface area contributed by atoms with Gasteiger partial charge in [-0.3, -0.25) is 0 Å². The van der Waals surface area contributed by atoms with E-state index in [1.807, 2.05) is 0 Å². The zero-order valence-corrected chi connectivity index (χ0v) is 11.0. The predicted molar refractivity (Wildman–Crippen MR) is 67.9 cm³/mol. The van der Waals surface area contributed by atoms with E-state index in [1.54, 1.807) is 0 Å². The summed E-state index contributed by atoms with van der Waals surface area (Å²) in [5, 5.41) is 0. The summed E-state index contributed by atoms with van der Waals surface area (Å²) >= 11 is 8.91. The molecule has 0 radical (unpaired) electrons. The number of hydrogen-bond acceptors (Lipinski definition) is 2. The lowest BCUT2D eigenvalue weighted by Gasteiger charge is -2.38. The summed E-state index contributed by atoms with van der Waals surface area (Å²) in [4.78, 5) is 0. The van der Waals surface area contributed by atoms with Crippen molar-refractivity contribution in [1.82, 2.24) is 0 Å². The van der Waals surface area contributed by atoms with Gasteiger partial charge in [0.25, 0.3) is 0 Å². The summed E-state index contributed by atoms with van der Waals surface area (Å²) < 4.78 is 5.99. The topological polar surface area (TPSA) is 9.23 Å². The van der Waals surface area contributed by atoms with Crippen LogP contribution in [0.15, 0.2) is 0 Å². The van der Waals surface area contributed by atoms with E-state index in [4.69, 9.17) is 17.0 Å². The van der Waals surface area contributed by atoms with E-state index >= 15 is 0 Å². The number of thiol groups is 1. The molecule has 0 heterocycles. The third-order valence-electron chi connectivity index (χ3n) is 3.36. The normalized spacial score (nSPS) is 33.1. The Hall–Kier alpha value is 0.240. The number of ether oxygens (including phenoxy) is 1. The van der Waals surface area contributed by atoms with Gasteiger partial charge in [0.1, 0.15) is 5.60 Å². The third-order valence-corrected chi connectivity index (χ3v) is 3.54. The molecule has 3 heteroatoms. The van der Waals surface area contributed by atoms with Crippen molar-refractivity contribution in [1.29, 1.82) is 0 Å². The van der Waals surface area contributed by atoms with Crippen LogP contribution in [0.25, 0.3) is 0 Å². The minimum Gasteiger partial charge on any atom is -0.472 e. The zero-order valence-electron chi connectivity index (χ0n) is 9.25. The van der Waals surface area contributed by atoms with Gasteiger partial charge in [0.2, 0.25) is 4.38 Å². The molecule has 82 valence electrons. The molecule has 14 heavy (non-hydrogen) atoms. The first-order valence-electron chi connectivity index (χ1n) is 5.35. The van der Waals surface area contributed by atoms with E-state index in [1.165, 1.54) is 12.8 Å². The summed E-state index contributed by atoms with van der Waals surface area (Å²) in [6.07, 6.45) is 4.72. The summed E-state index contributed by atoms with van der Waals surface area (Å²) in [7, 11) is 0. The van der Waals surface area contributed by atoms with Crippen LogP contribution in [0.5, 0.6) is 0 Å². The average molecular weight is 232 g/mol. The average Bonchev–Trinajstić information content (AvgIpc) is 2.02. The Morgan fingerprint density at radius 1 is 1.43 bits per heavy atom. The van der Waals surface area contributed by atoms with Crippen molar-refractivity contribution in [2.75, 3.05) is 0 Å². The van der Waals surface area contributed by atoms with Crippen molar-refractivity contribution in [2.24, 2.45) is 11.8 Å². The van der Waals surface area contributed by atoms with Crippen molar-refractivity contribution in [2.45, 2.75) is 52.1 Å². The van der Waals surface area contributed by atoms with Gasteiger partial charge in [0.15, 0.2) is 0 Å². The van der Waals surface area contributed by atoms with Crippen molar-refractivity contribution in [3.8, 4) is 0 Å². The van der Waals surface area contributed by atoms with Gasteiger partial charge in [0, 0.05) is 0 Å². The fraction of sp³-hybridized carbons (Fsp3) is 0.909. The van der Waals surface area contributed by atoms with Crippen LogP contribution in [0.2, 0.25) is 0 Å². The lowest BCUT2D eigenvalue weighted by atomic mass is 9.75. The van der Waals surface area contributed by atoms with Gasteiger partial charge in [-0.05, 0) is 56.7 Å². The van der Waals surface area contributed by atoms with Crippen LogP contribution in [-0.4, -0.2) is 9.98 Å². The third kappa shape index (κ3) is 3.43. The van der Waals surface area contributed by atoms with Crippen LogP contribution in [0.1, 0.15) is 46.5 Å². The summed E-state index contributed by atoms with van der Waals surface area (Å²) in [6.45, 7) is 6.75. The van der Waals surface area contributed by atoms with Crippen molar-refractivity contribution in [3.63, 3.8) is 0 Å². The van der Waals surface area contributed by atoms with E-state index in [0.29, 0.717) is 4.38 Å². The molecule has 0 aliphatic heterocycles. The number of hydrogen-bond donors (Lipinski definition) is 1. The van der Waals surface area contributed by atoms with Crippen LogP contribution in [0.4, 0.5) is 0 Å². The summed E-state index contributed by atoms with van der Waals surface area (Å²) in [6, 6.07) is 0. The highest BCUT2D eigenvalue weighted by atomic mass is 32.1. The molecule has 0 bridgehead atoms. The van der Waals surface area contributed by atoms with Crippen LogP contribution >= 0.6 is 24.8 Å². The molecule has 1 nitrogen and oxygen atoms in total. The molecule has 0 saturated heterocycles. The molecule has 0 aromatic carbocycles. The molecule has 0 N–H and O–H groups in total. The Morgan fingerprint density at radius 3 is 2.29 bits per heavy atom. The monoisotopic (exact) mass is 232 g/mol. The predicted octanol–water partition coefficient (Wildman–Crippen LogP) is 3.82. The molecule has 0 aromatic rings. The molecule has 1 aliphatic rings. The summed E-state index contributed by atoms with van der Waals surface area (Å²) in [5.41, 5.74) is -0.0514. The van der Waals surface area contributed by atoms with E-state index in [2.05, 4.69) is 33.4 Å². The first-order valence-corrected chi connectivity index (χ1v) is 6.20. The van der Waals surface area contributed by atoms with E-state index in [0.717, 1.165) is 24.7 Å². The molecule has 1 aliphatic carbocycles. The second kappa shape index (κ2) is 4.84. The highest BCUT2D eigenvalue weighted by molar-refractivity contribution is 8.10. The van der Waals surface area contributed by atoms with Crippen LogP contribution in [0, 0.1) is 11.8 Å². The summed E-state index contributed by atoms with van der Waals surface area (Å²) in [5.74, 6) is 1.66. The Bertz CT molecular complexity index is 205. The van der Waals surface area contributed by atoms with Gasteiger partial charge < -0.3 is 4.74 Å². The van der Waals surface area contributed by atoms with E-state index < -0.39 is 0 Å². The number of rotatable bonds is 2. The fourth-order valence-electron chi connectivity index (χ4n) is 2.23. The molecule has 0 unspecified atom stereocenters. The maximum atomic E-state index is 5.60. The molecule has 1 saturated carbocycles. The molecule has 0 amide bonds. The minimum atomic E-state index is -0.0514. The van der Waals surface area contributed by atoms with Gasteiger partial charge in [0.05, 0.1) is 0 Å². The van der Waals surface area contributed by atoms with Crippen molar-refractivity contribution < 1.29 is 4.74 Å². The quantitative estimate of drug-likeness (QED) is 0.572. The van der Waals surface area contributed by atoms with Crippen molar-refractivity contribution >= 4 is 29.2 Å². The van der Waals surface area contributed by atoms with Gasteiger partial charge in [-0.15, -0.1) is 0 Å². The molecule has 1 rings (SSSR count). The van der Waals surface area contributed by atoms with Gasteiger partial charge in [-0.1, -0.05) is 26.5 Å². The van der Waals surface area contributed by atoms with Crippen LogP contribution in [-0.2, 0) is 4.74 Å². The lowest BCUT2D eigenvalue weighted by Crippen LogP contribution is -2.35. The van der Waals surface area contributed by atoms with Crippen molar-refractivity contribution in [3.05, 3.63) is 0 Å². The molecule has 0 atom stereocenters. The Labute approximate surface area is 98.0 Å². The Balaban J connectivity index is 2.44. The SMILES string of the molecule is CC(C)C1CCC(C)(OC(=S)S)CC1. The van der Waals surface area contributed by atoms with E-state index in [9.17, 15) is 0 Å². The molecule has 1 fully saturated rings. The number of thiocarbonyl (C=S) groups is 1. The van der Waals surface area contributed by atoms with Gasteiger partial charge in [-0.25, -0.2) is 0 Å². The maximum absolute atomic E-state index is 5.60. The smallest absolute Gasteiger partial charge is 0.217 e. The largest absolute Gasteiger partial charge is 0.472 e. The highest BCUT2D eigenvalue weighted by Crippen LogP contribution is 2.38. The fourth-order valence-corrected chi connectivity index (χ4v) is 2.65. The lowest BCUT2D eigenvalue weighted by molar-refractivity contribution is 0.0209.